The predicted octanol–water partition coefficient (Wildman–Crippen LogP) is 1.99. The molecule has 2 aromatic heterocycles. The van der Waals surface area contributed by atoms with Crippen molar-refractivity contribution in [2.24, 2.45) is 7.05 Å². The fraction of sp³-hybridized carbons (Fsp3) is 0.167. The summed E-state index contributed by atoms with van der Waals surface area (Å²) in [5.41, 5.74) is 1.88. The van der Waals surface area contributed by atoms with Gasteiger partial charge in [0.15, 0.2) is 5.69 Å². The number of hydrogen-bond acceptors (Lipinski definition) is 5. The largest absolute Gasteiger partial charge is 0.320 e. The van der Waals surface area contributed by atoms with E-state index in [1.165, 1.54) is 4.68 Å². The summed E-state index contributed by atoms with van der Waals surface area (Å²) in [4.78, 5) is 16.3. The summed E-state index contributed by atoms with van der Waals surface area (Å²) in [6.45, 7) is 1.96. The van der Waals surface area contributed by atoms with E-state index >= 15 is 0 Å². The van der Waals surface area contributed by atoms with Crippen molar-refractivity contribution in [2.75, 3.05) is 5.32 Å². The zero-order valence-electron chi connectivity index (χ0n) is 10.4. The lowest BCUT2D eigenvalue weighted by Gasteiger charge is -2.02. The Balaban J connectivity index is 1.86. The number of nitrogens with one attached hydrogen (secondary N) is 1. The topological polar surface area (TPSA) is 72.7 Å². The first-order valence-corrected chi connectivity index (χ1v) is 6.48. The van der Waals surface area contributed by atoms with Gasteiger partial charge in [-0.1, -0.05) is 5.21 Å². The lowest BCUT2D eigenvalue weighted by molar-refractivity contribution is 0.102. The minimum atomic E-state index is -0.278. The number of carbonyl (C=O) groups is 1. The maximum atomic E-state index is 11.9. The molecule has 3 rings (SSSR count). The maximum Gasteiger partial charge on any atom is 0.277 e. The maximum absolute atomic E-state index is 11.9. The smallest absolute Gasteiger partial charge is 0.277 e. The Bertz CT molecular complexity index is 760. The molecule has 0 aliphatic rings. The third-order valence-corrected chi connectivity index (χ3v) is 3.54. The van der Waals surface area contributed by atoms with Crippen LogP contribution in [0.5, 0.6) is 0 Å². The molecule has 3 aromatic rings. The van der Waals surface area contributed by atoms with Gasteiger partial charge in [0.2, 0.25) is 0 Å². The molecule has 0 fully saturated rings. The number of carbonyl (C=O) groups excluding carboxylic acids is 1. The van der Waals surface area contributed by atoms with Gasteiger partial charge in [0.05, 0.1) is 21.4 Å². The predicted molar refractivity (Wildman–Crippen MR) is 73.3 cm³/mol. The van der Waals surface area contributed by atoms with Gasteiger partial charge in [-0.05, 0) is 25.1 Å². The number of rotatable bonds is 2. The SMILES string of the molecule is Cc1nc2cc(NC(=O)c3cn(C)nn3)ccc2s1. The number of anilines is 1. The van der Waals surface area contributed by atoms with Gasteiger partial charge in [0, 0.05) is 12.7 Å². The Kier molecular flexibility index (Phi) is 2.75. The van der Waals surface area contributed by atoms with Crippen molar-refractivity contribution in [1.29, 1.82) is 0 Å². The molecule has 1 N–H and O–H groups in total. The van der Waals surface area contributed by atoms with Crippen LogP contribution < -0.4 is 5.32 Å². The van der Waals surface area contributed by atoms with Crippen LogP contribution in [-0.2, 0) is 7.05 Å². The highest BCUT2D eigenvalue weighted by Crippen LogP contribution is 2.24. The summed E-state index contributed by atoms with van der Waals surface area (Å²) < 4.78 is 2.59. The van der Waals surface area contributed by atoms with Crippen molar-refractivity contribution >= 4 is 33.1 Å². The molecule has 19 heavy (non-hydrogen) atoms. The molecule has 2 heterocycles. The van der Waals surface area contributed by atoms with E-state index in [0.717, 1.165) is 15.2 Å². The third-order valence-electron chi connectivity index (χ3n) is 2.59. The van der Waals surface area contributed by atoms with Gasteiger partial charge in [-0.25, -0.2) is 4.98 Å². The molecule has 0 unspecified atom stereocenters. The summed E-state index contributed by atoms with van der Waals surface area (Å²) in [6, 6.07) is 5.66. The van der Waals surface area contributed by atoms with Crippen LogP contribution in [0.1, 0.15) is 15.5 Å². The number of benzene rings is 1. The Labute approximate surface area is 113 Å². The van der Waals surface area contributed by atoms with E-state index < -0.39 is 0 Å². The monoisotopic (exact) mass is 273 g/mol. The molecular weight excluding hydrogens is 262 g/mol. The quantitative estimate of drug-likeness (QED) is 0.775. The molecule has 1 aromatic carbocycles. The van der Waals surface area contributed by atoms with Crippen LogP contribution in [0.2, 0.25) is 0 Å². The van der Waals surface area contributed by atoms with E-state index in [1.54, 1.807) is 24.6 Å². The average Bonchev–Trinajstić information content (AvgIpc) is 2.93. The van der Waals surface area contributed by atoms with Crippen LogP contribution >= 0.6 is 11.3 Å². The van der Waals surface area contributed by atoms with Gasteiger partial charge in [-0.3, -0.25) is 9.48 Å². The second-order valence-electron chi connectivity index (χ2n) is 4.15. The minimum Gasteiger partial charge on any atom is -0.320 e. The third kappa shape index (κ3) is 2.32. The van der Waals surface area contributed by atoms with Gasteiger partial charge in [-0.2, -0.15) is 0 Å². The van der Waals surface area contributed by atoms with E-state index in [0.29, 0.717) is 5.69 Å². The number of fused-ring (bicyclic) bond motifs is 1. The normalized spacial score (nSPS) is 10.8. The summed E-state index contributed by atoms with van der Waals surface area (Å²) in [5, 5.41) is 11.3. The first-order chi connectivity index (χ1) is 9.11. The fourth-order valence-corrected chi connectivity index (χ4v) is 2.57. The van der Waals surface area contributed by atoms with E-state index in [2.05, 4.69) is 20.6 Å². The summed E-state index contributed by atoms with van der Waals surface area (Å²) in [6.07, 6.45) is 1.57. The van der Waals surface area contributed by atoms with Crippen molar-refractivity contribution in [2.45, 2.75) is 6.92 Å². The molecule has 0 saturated carbocycles. The molecule has 1 amide bonds. The Morgan fingerprint density at radius 2 is 2.26 bits per heavy atom. The van der Waals surface area contributed by atoms with Crippen molar-refractivity contribution in [3.63, 3.8) is 0 Å². The van der Waals surface area contributed by atoms with Crippen LogP contribution in [0.15, 0.2) is 24.4 Å². The highest BCUT2D eigenvalue weighted by molar-refractivity contribution is 7.18. The number of nitrogens with zero attached hydrogens (tertiary/aromatic N) is 4. The Morgan fingerprint density at radius 3 is 3.00 bits per heavy atom. The molecule has 6 nitrogen and oxygen atoms in total. The second kappa shape index (κ2) is 4.43. The van der Waals surface area contributed by atoms with Crippen LogP contribution in [0, 0.1) is 6.92 Å². The van der Waals surface area contributed by atoms with Gasteiger partial charge in [-0.15, -0.1) is 16.4 Å². The highest BCUT2D eigenvalue weighted by Gasteiger charge is 2.10. The van der Waals surface area contributed by atoms with Crippen molar-refractivity contribution in [3.05, 3.63) is 35.1 Å². The Hall–Kier alpha value is -2.28. The van der Waals surface area contributed by atoms with Crippen LogP contribution in [0.3, 0.4) is 0 Å². The number of aryl methyl sites for hydroxylation is 2. The lowest BCUT2D eigenvalue weighted by atomic mass is 10.3. The van der Waals surface area contributed by atoms with Crippen molar-refractivity contribution < 1.29 is 4.79 Å². The zero-order valence-corrected chi connectivity index (χ0v) is 11.2. The first kappa shape index (κ1) is 11.8. The first-order valence-electron chi connectivity index (χ1n) is 5.67. The summed E-state index contributed by atoms with van der Waals surface area (Å²) in [7, 11) is 1.72. The molecule has 7 heteroatoms. The molecule has 0 bridgehead atoms. The van der Waals surface area contributed by atoms with Crippen molar-refractivity contribution in [3.8, 4) is 0 Å². The van der Waals surface area contributed by atoms with E-state index in [-0.39, 0.29) is 11.6 Å². The van der Waals surface area contributed by atoms with E-state index in [1.807, 2.05) is 25.1 Å². The second-order valence-corrected chi connectivity index (χ2v) is 5.38. The summed E-state index contributed by atoms with van der Waals surface area (Å²) in [5.74, 6) is -0.278. The average molecular weight is 273 g/mol. The van der Waals surface area contributed by atoms with Crippen LogP contribution in [0.25, 0.3) is 10.2 Å². The van der Waals surface area contributed by atoms with E-state index in [9.17, 15) is 4.79 Å². The number of amides is 1. The van der Waals surface area contributed by atoms with Gasteiger partial charge < -0.3 is 5.32 Å². The standard InChI is InChI=1S/C12H11N5OS/c1-7-13-9-5-8(3-4-11(9)19-7)14-12(18)10-6-17(2)16-15-10/h3-6H,1-2H3,(H,14,18). The molecule has 0 saturated heterocycles. The lowest BCUT2D eigenvalue weighted by Crippen LogP contribution is -2.12. The molecule has 0 atom stereocenters. The minimum absolute atomic E-state index is 0.278. The zero-order chi connectivity index (χ0) is 13.4. The number of thiazole rings is 1. The molecule has 0 radical (unpaired) electrons. The van der Waals surface area contributed by atoms with Gasteiger partial charge in [0.25, 0.3) is 5.91 Å². The molecule has 96 valence electrons. The van der Waals surface area contributed by atoms with Crippen molar-refractivity contribution in [1.82, 2.24) is 20.0 Å². The highest BCUT2D eigenvalue weighted by atomic mass is 32.1. The molecule has 0 aliphatic carbocycles. The molecule has 0 spiro atoms. The van der Waals surface area contributed by atoms with Gasteiger partial charge >= 0.3 is 0 Å². The molecular formula is C12H11N5OS. The fourth-order valence-electron chi connectivity index (χ4n) is 1.77. The van der Waals surface area contributed by atoms with E-state index in [4.69, 9.17) is 0 Å². The van der Waals surface area contributed by atoms with Gasteiger partial charge in [0.1, 0.15) is 0 Å². The van der Waals surface area contributed by atoms with Crippen LogP contribution in [-0.4, -0.2) is 25.9 Å². The van der Waals surface area contributed by atoms with Crippen LogP contribution in [0.4, 0.5) is 5.69 Å². The number of hydrogen-bond donors (Lipinski definition) is 1. The Morgan fingerprint density at radius 1 is 1.42 bits per heavy atom. The summed E-state index contributed by atoms with van der Waals surface area (Å²) >= 11 is 1.63. The number of aromatic nitrogens is 4. The molecule has 0 aliphatic heterocycles.